The Hall–Kier alpha value is -2.71. The third-order valence-corrected chi connectivity index (χ3v) is 7.54. The van der Waals surface area contributed by atoms with Crippen molar-refractivity contribution in [1.82, 2.24) is 20.1 Å². The van der Waals surface area contributed by atoms with Crippen molar-refractivity contribution in [3.63, 3.8) is 0 Å². The zero-order chi connectivity index (χ0) is 26.5. The third kappa shape index (κ3) is 6.07. The third-order valence-electron chi connectivity index (χ3n) is 6.09. The first-order chi connectivity index (χ1) is 17.8. The molecule has 2 aliphatic rings. The minimum Gasteiger partial charge on any atom is -0.478 e. The maximum Gasteiger partial charge on any atom is 0.335 e. The molecule has 1 amide bonds. The molecule has 37 heavy (non-hydrogen) atoms. The van der Waals surface area contributed by atoms with Gasteiger partial charge in [0.1, 0.15) is 11.9 Å². The number of amidine groups is 1. The Bertz CT molecular complexity index is 1210. The van der Waals surface area contributed by atoms with E-state index in [2.05, 4.69) is 26.2 Å². The molecule has 2 aliphatic heterocycles. The van der Waals surface area contributed by atoms with Crippen molar-refractivity contribution in [2.45, 2.75) is 19.1 Å². The number of aliphatic imine (C=N–C) groups is 1. The van der Waals surface area contributed by atoms with E-state index in [0.29, 0.717) is 39.7 Å². The number of rotatable bonds is 9. The zero-order valence-corrected chi connectivity index (χ0v) is 22.5. The van der Waals surface area contributed by atoms with Gasteiger partial charge in [-0.2, -0.15) is 0 Å². The van der Waals surface area contributed by atoms with Gasteiger partial charge in [-0.1, -0.05) is 22.0 Å². The molecule has 0 radical (unpaired) electrons. The summed E-state index contributed by atoms with van der Waals surface area (Å²) in [5.41, 5.74) is 0.993. The van der Waals surface area contributed by atoms with Crippen molar-refractivity contribution in [3.05, 3.63) is 61.9 Å². The molecule has 13 heteroatoms. The van der Waals surface area contributed by atoms with Crippen molar-refractivity contribution in [2.75, 3.05) is 45.9 Å². The quantitative estimate of drug-likeness (QED) is 0.402. The van der Waals surface area contributed by atoms with Crippen LogP contribution in [0.4, 0.5) is 4.39 Å². The number of aliphatic hydroxyl groups is 1. The topological polar surface area (TPSA) is 128 Å². The number of aromatic nitrogens is 1. The molecule has 0 spiro atoms. The van der Waals surface area contributed by atoms with Gasteiger partial charge in [0.15, 0.2) is 10.8 Å². The molecule has 2 unspecified atom stereocenters. The Morgan fingerprint density at radius 1 is 1.38 bits per heavy atom. The van der Waals surface area contributed by atoms with Crippen molar-refractivity contribution < 1.29 is 28.9 Å². The second kappa shape index (κ2) is 12.2. The number of morpholine rings is 1. The highest BCUT2D eigenvalue weighted by Gasteiger charge is 2.39. The minimum absolute atomic E-state index is 0.0715. The normalized spacial score (nSPS) is 20.6. The fourth-order valence-electron chi connectivity index (χ4n) is 4.44. The molecule has 10 nitrogen and oxygen atoms in total. The summed E-state index contributed by atoms with van der Waals surface area (Å²) in [7, 11) is 0. The second-order valence-corrected chi connectivity index (χ2v) is 10.2. The molecule has 2 aromatic rings. The Labute approximate surface area is 225 Å². The highest BCUT2D eigenvalue weighted by molar-refractivity contribution is 9.10. The number of ether oxygens (including phenoxy) is 1. The van der Waals surface area contributed by atoms with Crippen LogP contribution >= 0.6 is 27.3 Å². The van der Waals surface area contributed by atoms with Crippen LogP contribution in [-0.2, 0) is 14.3 Å². The van der Waals surface area contributed by atoms with Crippen LogP contribution in [0.15, 0.2) is 50.5 Å². The van der Waals surface area contributed by atoms with Gasteiger partial charge in [-0.05, 0) is 24.6 Å². The first-order valence-electron chi connectivity index (χ1n) is 11.7. The monoisotopic (exact) mass is 595 g/mol. The molecule has 1 aromatic heterocycles. The number of carbonyl (C=O) groups is 2. The number of hydrogen-bond acceptors (Lipinski definition) is 9. The standard InChI is InChI=1S/C24H27BrFN5O5S/c1-2-31-20(15-4-3-14(26)11-16(15)25)19(24(34)35)17(29-21(31)23-28-6-10-37-23)12-30-7-9-36-18(13-30)22(33)27-5-8-32/h3-4,6,10-11,18,20,32H,2,5,7-9,12-13H2,1H3,(H,27,33)(H,34,35). The number of likely N-dealkylation sites (N-methyl/N-ethyl adjacent to an activating group) is 1. The van der Waals surface area contributed by atoms with E-state index in [0.717, 1.165) is 0 Å². The van der Waals surface area contributed by atoms with Gasteiger partial charge >= 0.3 is 5.97 Å². The predicted molar refractivity (Wildman–Crippen MR) is 139 cm³/mol. The molecule has 3 heterocycles. The fraction of sp³-hybridized carbons (Fsp3) is 0.417. The smallest absolute Gasteiger partial charge is 0.335 e. The molecule has 0 aliphatic carbocycles. The van der Waals surface area contributed by atoms with Gasteiger partial charge in [0.2, 0.25) is 0 Å². The second-order valence-electron chi connectivity index (χ2n) is 8.40. The van der Waals surface area contributed by atoms with Crippen LogP contribution in [0.1, 0.15) is 23.5 Å². The number of halogens is 2. The Kier molecular flexibility index (Phi) is 9.03. The summed E-state index contributed by atoms with van der Waals surface area (Å²) in [5, 5.41) is 24.4. The molecule has 198 valence electrons. The van der Waals surface area contributed by atoms with Gasteiger partial charge in [-0.3, -0.25) is 9.69 Å². The number of thiazole rings is 1. The summed E-state index contributed by atoms with van der Waals surface area (Å²) in [4.78, 5) is 38.1. The van der Waals surface area contributed by atoms with Gasteiger partial charge in [0.25, 0.3) is 5.91 Å². The number of hydrogen-bond donors (Lipinski definition) is 3. The highest BCUT2D eigenvalue weighted by atomic mass is 79.9. The molecular formula is C24H27BrFN5O5S. The van der Waals surface area contributed by atoms with E-state index >= 15 is 0 Å². The van der Waals surface area contributed by atoms with Crippen LogP contribution in [0.5, 0.6) is 0 Å². The van der Waals surface area contributed by atoms with E-state index in [1.54, 1.807) is 12.3 Å². The summed E-state index contributed by atoms with van der Waals surface area (Å²) >= 11 is 4.81. The van der Waals surface area contributed by atoms with E-state index < -0.39 is 23.9 Å². The van der Waals surface area contributed by atoms with Crippen LogP contribution in [0, 0.1) is 5.82 Å². The number of carbonyl (C=O) groups excluding carboxylic acids is 1. The molecule has 1 aromatic carbocycles. The molecule has 4 rings (SSSR count). The summed E-state index contributed by atoms with van der Waals surface area (Å²) in [6.45, 7) is 3.43. The summed E-state index contributed by atoms with van der Waals surface area (Å²) in [5.74, 6) is -1.39. The predicted octanol–water partition coefficient (Wildman–Crippen LogP) is 2.02. The van der Waals surface area contributed by atoms with E-state index in [-0.39, 0.29) is 44.3 Å². The highest BCUT2D eigenvalue weighted by Crippen LogP contribution is 2.40. The molecule has 1 saturated heterocycles. The first kappa shape index (κ1) is 27.3. The van der Waals surface area contributed by atoms with Crippen LogP contribution in [0.25, 0.3) is 0 Å². The molecule has 2 atom stereocenters. The van der Waals surface area contributed by atoms with E-state index in [1.165, 1.54) is 23.5 Å². The number of carboxylic acids is 1. The first-order valence-corrected chi connectivity index (χ1v) is 13.4. The van der Waals surface area contributed by atoms with Crippen molar-refractivity contribution in [2.24, 2.45) is 4.99 Å². The molecule has 1 fully saturated rings. The van der Waals surface area contributed by atoms with Crippen LogP contribution in [-0.4, -0.2) is 94.8 Å². The minimum atomic E-state index is -1.14. The van der Waals surface area contributed by atoms with Crippen molar-refractivity contribution in [3.8, 4) is 0 Å². The number of aliphatic hydroxyl groups excluding tert-OH is 1. The van der Waals surface area contributed by atoms with Crippen LogP contribution in [0.3, 0.4) is 0 Å². The SMILES string of the molecule is CCN1C(c2nccs2)=NC(CN2CCOC(C(=O)NCCO)C2)=C(C(=O)O)C1c1ccc(F)cc1Br. The van der Waals surface area contributed by atoms with E-state index in [9.17, 15) is 19.1 Å². The molecule has 0 bridgehead atoms. The Balaban J connectivity index is 1.76. The summed E-state index contributed by atoms with van der Waals surface area (Å²) < 4.78 is 20.0. The number of amides is 1. The van der Waals surface area contributed by atoms with Crippen molar-refractivity contribution >= 4 is 45.0 Å². The van der Waals surface area contributed by atoms with Crippen molar-refractivity contribution in [1.29, 1.82) is 0 Å². The molecular weight excluding hydrogens is 569 g/mol. The summed E-state index contributed by atoms with van der Waals surface area (Å²) in [6, 6.07) is 3.44. The lowest BCUT2D eigenvalue weighted by Gasteiger charge is -2.39. The van der Waals surface area contributed by atoms with Gasteiger partial charge in [0.05, 0.1) is 30.5 Å². The molecule has 0 saturated carbocycles. The fourth-order valence-corrected chi connectivity index (χ4v) is 5.65. The van der Waals surface area contributed by atoms with Crippen LogP contribution in [0.2, 0.25) is 0 Å². The lowest BCUT2D eigenvalue weighted by atomic mass is 9.93. The van der Waals surface area contributed by atoms with Gasteiger partial charge in [0, 0.05) is 48.8 Å². The maximum atomic E-state index is 13.9. The number of aliphatic carboxylic acids is 1. The summed E-state index contributed by atoms with van der Waals surface area (Å²) in [6.07, 6.45) is 0.904. The van der Waals surface area contributed by atoms with E-state index in [4.69, 9.17) is 14.8 Å². The lowest BCUT2D eigenvalue weighted by Crippen LogP contribution is -2.51. The van der Waals surface area contributed by atoms with Gasteiger partial charge in [-0.25, -0.2) is 19.2 Å². The average molecular weight is 596 g/mol. The van der Waals surface area contributed by atoms with Gasteiger partial charge < -0.3 is 25.2 Å². The van der Waals surface area contributed by atoms with Crippen LogP contribution < -0.4 is 5.32 Å². The number of carboxylic acid groups (broad SMARTS) is 1. The number of nitrogens with one attached hydrogen (secondary N) is 1. The Morgan fingerprint density at radius 3 is 2.84 bits per heavy atom. The maximum absolute atomic E-state index is 13.9. The largest absolute Gasteiger partial charge is 0.478 e. The number of benzene rings is 1. The number of nitrogens with zero attached hydrogens (tertiary/aromatic N) is 4. The van der Waals surface area contributed by atoms with E-state index in [1.807, 2.05) is 22.1 Å². The molecule has 3 N–H and O–H groups in total. The Morgan fingerprint density at radius 2 is 2.19 bits per heavy atom. The van der Waals surface area contributed by atoms with Gasteiger partial charge in [-0.15, -0.1) is 11.3 Å². The average Bonchev–Trinajstić information content (AvgIpc) is 3.41. The zero-order valence-electron chi connectivity index (χ0n) is 20.1. The lowest BCUT2D eigenvalue weighted by molar-refractivity contribution is -0.138.